The van der Waals surface area contributed by atoms with Gasteiger partial charge in [0.25, 0.3) is 0 Å². The maximum atomic E-state index is 12.6. The predicted molar refractivity (Wildman–Crippen MR) is 128 cm³/mol. The first kappa shape index (κ1) is 24.2. The second-order valence-electron chi connectivity index (χ2n) is 6.83. The van der Waals surface area contributed by atoms with Gasteiger partial charge in [-0.2, -0.15) is 0 Å². The number of esters is 2. The van der Waals surface area contributed by atoms with Crippen LogP contribution >= 0.6 is 22.6 Å². The number of halogens is 1. The van der Waals surface area contributed by atoms with Gasteiger partial charge in [-0.05, 0) is 34.7 Å². The number of para-hydroxylation sites is 1. The molecule has 0 saturated heterocycles. The van der Waals surface area contributed by atoms with Gasteiger partial charge in [-0.1, -0.05) is 66.7 Å². The van der Waals surface area contributed by atoms with E-state index in [-0.39, 0.29) is 22.6 Å². The average molecular weight is 558 g/mol. The number of benzene rings is 3. The van der Waals surface area contributed by atoms with Gasteiger partial charge in [-0.3, -0.25) is 9.59 Å². The molecule has 9 heteroatoms. The lowest BCUT2D eigenvalue weighted by Gasteiger charge is -2.16. The van der Waals surface area contributed by atoms with Crippen molar-refractivity contribution in [2.24, 2.45) is 11.5 Å². The van der Waals surface area contributed by atoms with Crippen molar-refractivity contribution >= 4 is 46.1 Å². The van der Waals surface area contributed by atoms with Gasteiger partial charge in [0.1, 0.15) is 0 Å². The molecule has 3 rings (SSSR count). The molecule has 2 unspecified atom stereocenters. The number of hydrogen-bond acceptors (Lipinski definition) is 8. The molecule has 0 aliphatic carbocycles. The predicted octanol–water partition coefficient (Wildman–Crippen LogP) is 2.52. The van der Waals surface area contributed by atoms with Crippen molar-refractivity contribution < 1.29 is 28.7 Å². The Morgan fingerprint density at radius 2 is 1.09 bits per heavy atom. The SMILES string of the molecule is NC(C(=O)Oc1cccc(I)c1OC(=O)C(N)C(=O)c1ccccc1)C(=O)c1ccccc1. The molecule has 0 aromatic heterocycles. The molecule has 8 nitrogen and oxygen atoms in total. The summed E-state index contributed by atoms with van der Waals surface area (Å²) < 4.78 is 11.0. The van der Waals surface area contributed by atoms with E-state index < -0.39 is 35.6 Å². The minimum atomic E-state index is -1.59. The van der Waals surface area contributed by atoms with Crippen molar-refractivity contribution in [3.63, 3.8) is 0 Å². The minimum absolute atomic E-state index is 0.118. The summed E-state index contributed by atoms with van der Waals surface area (Å²) in [5.74, 6) is -3.58. The first-order valence-electron chi connectivity index (χ1n) is 9.71. The van der Waals surface area contributed by atoms with Crippen LogP contribution in [0, 0.1) is 3.57 Å². The fourth-order valence-corrected chi connectivity index (χ4v) is 3.37. The maximum absolute atomic E-state index is 12.6. The third-order valence-electron chi connectivity index (χ3n) is 4.53. The number of carbonyl (C=O) groups excluding carboxylic acids is 4. The zero-order chi connectivity index (χ0) is 24.0. The molecular formula is C24H19IN2O6. The lowest BCUT2D eigenvalue weighted by molar-refractivity contribution is -0.137. The van der Waals surface area contributed by atoms with Crippen LogP contribution in [0.15, 0.2) is 78.9 Å². The molecule has 0 bridgehead atoms. The monoisotopic (exact) mass is 558 g/mol. The van der Waals surface area contributed by atoms with Gasteiger partial charge in [-0.25, -0.2) is 9.59 Å². The Hall–Kier alpha value is -3.41. The highest BCUT2D eigenvalue weighted by Gasteiger charge is 2.29. The van der Waals surface area contributed by atoms with Crippen LogP contribution < -0.4 is 20.9 Å². The van der Waals surface area contributed by atoms with E-state index in [1.807, 2.05) is 22.6 Å². The van der Waals surface area contributed by atoms with Gasteiger partial charge in [0.2, 0.25) is 0 Å². The largest absolute Gasteiger partial charge is 0.421 e. The van der Waals surface area contributed by atoms with E-state index in [0.29, 0.717) is 3.57 Å². The topological polar surface area (TPSA) is 139 Å². The summed E-state index contributed by atoms with van der Waals surface area (Å²) in [6.07, 6.45) is 0. The van der Waals surface area contributed by atoms with Crippen LogP contribution in [0.5, 0.6) is 11.5 Å². The lowest BCUT2D eigenvalue weighted by atomic mass is 10.1. The summed E-state index contributed by atoms with van der Waals surface area (Å²) in [4.78, 5) is 50.0. The van der Waals surface area contributed by atoms with Crippen molar-refractivity contribution in [1.29, 1.82) is 0 Å². The van der Waals surface area contributed by atoms with Crippen LogP contribution in [-0.4, -0.2) is 35.6 Å². The van der Waals surface area contributed by atoms with Crippen molar-refractivity contribution in [3.05, 3.63) is 93.6 Å². The van der Waals surface area contributed by atoms with E-state index in [0.717, 1.165) is 0 Å². The molecule has 0 heterocycles. The van der Waals surface area contributed by atoms with Crippen LogP contribution in [0.3, 0.4) is 0 Å². The standard InChI is InChI=1S/C24H19IN2O6/c25-16-12-7-13-17(32-23(30)18(26)20(28)14-8-3-1-4-9-14)22(16)33-24(31)19(27)21(29)15-10-5-2-6-11-15/h1-13,18-19H,26-27H2. The molecule has 4 N–H and O–H groups in total. The minimum Gasteiger partial charge on any atom is -0.421 e. The fourth-order valence-electron chi connectivity index (χ4n) is 2.78. The quantitative estimate of drug-likeness (QED) is 0.141. The normalized spacial score (nSPS) is 12.3. The maximum Gasteiger partial charge on any atom is 0.336 e. The van der Waals surface area contributed by atoms with Gasteiger partial charge >= 0.3 is 11.9 Å². The third-order valence-corrected chi connectivity index (χ3v) is 5.38. The van der Waals surface area contributed by atoms with Gasteiger partial charge in [-0.15, -0.1) is 0 Å². The van der Waals surface area contributed by atoms with Gasteiger partial charge < -0.3 is 20.9 Å². The van der Waals surface area contributed by atoms with E-state index >= 15 is 0 Å². The first-order valence-corrected chi connectivity index (χ1v) is 10.8. The second-order valence-corrected chi connectivity index (χ2v) is 7.99. The van der Waals surface area contributed by atoms with Crippen molar-refractivity contribution in [1.82, 2.24) is 0 Å². The summed E-state index contributed by atoms with van der Waals surface area (Å²) in [7, 11) is 0. The Morgan fingerprint density at radius 3 is 1.58 bits per heavy atom. The average Bonchev–Trinajstić information content (AvgIpc) is 2.85. The number of carbonyl (C=O) groups is 4. The molecule has 0 fully saturated rings. The Balaban J connectivity index is 1.76. The van der Waals surface area contributed by atoms with Crippen LogP contribution in [0.4, 0.5) is 0 Å². The van der Waals surface area contributed by atoms with Gasteiger partial charge in [0.05, 0.1) is 3.57 Å². The van der Waals surface area contributed by atoms with Crippen molar-refractivity contribution in [3.8, 4) is 11.5 Å². The van der Waals surface area contributed by atoms with E-state index in [1.165, 1.54) is 30.3 Å². The van der Waals surface area contributed by atoms with Crippen LogP contribution in [-0.2, 0) is 9.59 Å². The highest BCUT2D eigenvalue weighted by Crippen LogP contribution is 2.33. The smallest absolute Gasteiger partial charge is 0.336 e. The molecular weight excluding hydrogens is 539 g/mol. The van der Waals surface area contributed by atoms with E-state index in [2.05, 4.69) is 0 Å². The van der Waals surface area contributed by atoms with E-state index in [9.17, 15) is 19.2 Å². The van der Waals surface area contributed by atoms with Crippen LogP contribution in [0.1, 0.15) is 20.7 Å². The van der Waals surface area contributed by atoms with Crippen LogP contribution in [0.2, 0.25) is 0 Å². The zero-order valence-electron chi connectivity index (χ0n) is 17.1. The molecule has 3 aromatic carbocycles. The molecule has 0 spiro atoms. The molecule has 0 radical (unpaired) electrons. The molecule has 0 aliphatic rings. The summed E-state index contributed by atoms with van der Waals surface area (Å²) in [6, 6.07) is 17.5. The summed E-state index contributed by atoms with van der Waals surface area (Å²) in [5, 5.41) is 0. The Morgan fingerprint density at radius 1 is 0.636 bits per heavy atom. The second kappa shape index (κ2) is 10.9. The Labute approximate surface area is 203 Å². The molecule has 0 aliphatic heterocycles. The molecule has 0 amide bonds. The third kappa shape index (κ3) is 5.89. The fraction of sp³-hybridized carbons (Fsp3) is 0.0833. The molecule has 0 saturated carbocycles. The summed E-state index contributed by atoms with van der Waals surface area (Å²) in [6.45, 7) is 0. The lowest BCUT2D eigenvalue weighted by Crippen LogP contribution is -2.42. The van der Waals surface area contributed by atoms with E-state index in [4.69, 9.17) is 20.9 Å². The number of nitrogens with two attached hydrogens (primary N) is 2. The highest BCUT2D eigenvalue weighted by atomic mass is 127. The van der Waals surface area contributed by atoms with Crippen molar-refractivity contribution in [2.45, 2.75) is 12.1 Å². The van der Waals surface area contributed by atoms with Crippen LogP contribution in [0.25, 0.3) is 0 Å². The number of ether oxygens (including phenoxy) is 2. The number of rotatable bonds is 8. The molecule has 168 valence electrons. The molecule has 3 aromatic rings. The number of Topliss-reactive ketones (excluding diaryl/α,β-unsaturated/α-hetero) is 2. The number of hydrogen-bond donors (Lipinski definition) is 2. The Kier molecular flexibility index (Phi) is 8.04. The Bertz CT molecular complexity index is 1180. The molecule has 33 heavy (non-hydrogen) atoms. The van der Waals surface area contributed by atoms with E-state index in [1.54, 1.807) is 48.5 Å². The zero-order valence-corrected chi connectivity index (χ0v) is 19.3. The van der Waals surface area contributed by atoms with Gasteiger partial charge in [0.15, 0.2) is 35.1 Å². The van der Waals surface area contributed by atoms with Gasteiger partial charge in [0, 0.05) is 11.1 Å². The van der Waals surface area contributed by atoms with Crippen molar-refractivity contribution in [2.75, 3.05) is 0 Å². The highest BCUT2D eigenvalue weighted by molar-refractivity contribution is 14.1. The number of ketones is 2. The first-order chi connectivity index (χ1) is 15.8. The summed E-state index contributed by atoms with van der Waals surface area (Å²) in [5.41, 5.74) is 12.1. The summed E-state index contributed by atoms with van der Waals surface area (Å²) >= 11 is 1.87. The molecule has 2 atom stereocenters.